The highest BCUT2D eigenvalue weighted by Gasteiger charge is 2.15. The predicted octanol–water partition coefficient (Wildman–Crippen LogP) is 5.81. The van der Waals surface area contributed by atoms with Crippen LogP contribution in [0, 0.1) is 0 Å². The molecule has 0 radical (unpaired) electrons. The van der Waals surface area contributed by atoms with Crippen LogP contribution in [-0.4, -0.2) is 26.8 Å². The van der Waals surface area contributed by atoms with Crippen LogP contribution >= 0.6 is 0 Å². The van der Waals surface area contributed by atoms with Crippen LogP contribution in [0.25, 0.3) is 0 Å². The summed E-state index contributed by atoms with van der Waals surface area (Å²) in [6.45, 7) is -0.504. The van der Waals surface area contributed by atoms with Gasteiger partial charge in [0.15, 0.2) is 0 Å². The first-order valence-electron chi connectivity index (χ1n) is 9.58. The molecule has 0 N–H and O–H groups in total. The lowest BCUT2D eigenvalue weighted by Gasteiger charge is -2.23. The highest BCUT2D eigenvalue weighted by Crippen LogP contribution is 2.19. The van der Waals surface area contributed by atoms with E-state index in [1.54, 1.807) is 14.2 Å². The topological polar surface area (TPSA) is 27.7 Å². The third-order valence-corrected chi connectivity index (χ3v) is 4.74. The van der Waals surface area contributed by atoms with E-state index in [-0.39, 0.29) is 6.10 Å². The fourth-order valence-electron chi connectivity index (χ4n) is 3.33. The van der Waals surface area contributed by atoms with Crippen molar-refractivity contribution in [2.75, 3.05) is 14.2 Å². The van der Waals surface area contributed by atoms with Crippen LogP contribution in [-0.2, 0) is 14.2 Å². The summed E-state index contributed by atoms with van der Waals surface area (Å²) in [5, 5.41) is 0. The van der Waals surface area contributed by atoms with Crippen molar-refractivity contribution in [1.82, 2.24) is 0 Å². The van der Waals surface area contributed by atoms with E-state index in [1.165, 1.54) is 83.5 Å². The van der Waals surface area contributed by atoms with Gasteiger partial charge >= 0.3 is 0 Å². The number of methoxy groups -OCH3 is 2. The maximum atomic E-state index is 5.95. The zero-order valence-corrected chi connectivity index (χ0v) is 15.0. The van der Waals surface area contributed by atoms with Crippen molar-refractivity contribution in [2.24, 2.45) is 0 Å². The summed E-state index contributed by atoms with van der Waals surface area (Å²) in [6.07, 6.45) is 20.5. The minimum absolute atomic E-state index is 0.290. The molecule has 1 aliphatic rings. The van der Waals surface area contributed by atoms with Crippen molar-refractivity contribution in [3.05, 3.63) is 0 Å². The number of ether oxygens (including phenoxy) is 3. The van der Waals surface area contributed by atoms with E-state index in [4.69, 9.17) is 14.2 Å². The normalized spacial score (nSPS) is 22.0. The minimum atomic E-state index is -0.504. The number of hydrogen-bond acceptors (Lipinski definition) is 3. The van der Waals surface area contributed by atoms with Gasteiger partial charge in [-0.1, -0.05) is 83.5 Å². The molecule has 0 aromatic carbocycles. The Morgan fingerprint density at radius 1 is 0.545 bits per heavy atom. The largest absolute Gasteiger partial charge is 0.333 e. The molecule has 1 fully saturated rings. The molecule has 0 amide bonds. The lowest BCUT2D eigenvalue weighted by molar-refractivity contribution is -0.285. The molecule has 0 bridgehead atoms. The van der Waals surface area contributed by atoms with E-state index in [0.29, 0.717) is 0 Å². The Bertz CT molecular complexity index is 213. The van der Waals surface area contributed by atoms with Crippen LogP contribution in [0.15, 0.2) is 0 Å². The summed E-state index contributed by atoms with van der Waals surface area (Å²) >= 11 is 0. The fourth-order valence-corrected chi connectivity index (χ4v) is 3.33. The van der Waals surface area contributed by atoms with Gasteiger partial charge < -0.3 is 14.2 Å². The molecule has 0 aromatic heterocycles. The van der Waals surface area contributed by atoms with Gasteiger partial charge in [0.2, 0.25) is 0 Å². The quantitative estimate of drug-likeness (QED) is 0.612. The Balaban J connectivity index is 2.31. The van der Waals surface area contributed by atoms with E-state index in [1.807, 2.05) is 0 Å². The van der Waals surface area contributed by atoms with E-state index in [2.05, 4.69) is 0 Å². The first-order valence-corrected chi connectivity index (χ1v) is 9.58. The average molecular weight is 315 g/mol. The standard InChI is InChI=1S/C19H38O3/c1-20-19(21-2)22-18-16-14-12-10-8-6-4-3-5-7-9-11-13-15-17-18/h18-19H,3-17H2,1-2H3. The summed E-state index contributed by atoms with van der Waals surface area (Å²) in [7, 11) is 3.29. The van der Waals surface area contributed by atoms with Gasteiger partial charge in [-0.05, 0) is 12.8 Å². The highest BCUT2D eigenvalue weighted by atomic mass is 16.8. The predicted molar refractivity (Wildman–Crippen MR) is 91.9 cm³/mol. The lowest BCUT2D eigenvalue weighted by atomic mass is 10.00. The third-order valence-electron chi connectivity index (χ3n) is 4.74. The summed E-state index contributed by atoms with van der Waals surface area (Å²) in [4.78, 5) is 0. The molecule has 0 unspecified atom stereocenters. The Labute approximate surface area is 138 Å². The molecule has 22 heavy (non-hydrogen) atoms. The Kier molecular flexibility index (Phi) is 13.1. The molecule has 1 rings (SSSR count). The molecule has 0 heterocycles. The van der Waals surface area contributed by atoms with Gasteiger partial charge in [-0.2, -0.15) is 0 Å². The van der Waals surface area contributed by atoms with Gasteiger partial charge in [0.1, 0.15) is 0 Å². The number of rotatable bonds is 4. The van der Waals surface area contributed by atoms with Gasteiger partial charge in [0, 0.05) is 14.2 Å². The van der Waals surface area contributed by atoms with Gasteiger partial charge in [0.05, 0.1) is 6.10 Å². The van der Waals surface area contributed by atoms with Crippen molar-refractivity contribution in [2.45, 2.75) is 109 Å². The average Bonchev–Trinajstić information content (AvgIpc) is 2.54. The smallest absolute Gasteiger partial charge is 0.271 e. The van der Waals surface area contributed by atoms with E-state index in [9.17, 15) is 0 Å². The minimum Gasteiger partial charge on any atom is -0.333 e. The second-order valence-corrected chi connectivity index (χ2v) is 6.69. The molecule has 1 saturated carbocycles. The van der Waals surface area contributed by atoms with Crippen molar-refractivity contribution < 1.29 is 14.2 Å². The van der Waals surface area contributed by atoms with Crippen molar-refractivity contribution in [3.8, 4) is 0 Å². The van der Waals surface area contributed by atoms with Crippen LogP contribution in [0.2, 0.25) is 0 Å². The first-order chi connectivity index (χ1) is 10.9. The molecule has 0 atom stereocenters. The molecule has 0 spiro atoms. The summed E-state index contributed by atoms with van der Waals surface area (Å²) in [5.41, 5.74) is 0. The molecule has 0 aliphatic heterocycles. The highest BCUT2D eigenvalue weighted by molar-refractivity contribution is 4.61. The van der Waals surface area contributed by atoms with Gasteiger partial charge in [-0.3, -0.25) is 0 Å². The van der Waals surface area contributed by atoms with Crippen molar-refractivity contribution in [3.63, 3.8) is 0 Å². The van der Waals surface area contributed by atoms with E-state index >= 15 is 0 Å². The van der Waals surface area contributed by atoms with Crippen LogP contribution in [0.3, 0.4) is 0 Å². The van der Waals surface area contributed by atoms with Crippen LogP contribution in [0.5, 0.6) is 0 Å². The number of hydrogen-bond donors (Lipinski definition) is 0. The molecule has 1 aliphatic carbocycles. The second-order valence-electron chi connectivity index (χ2n) is 6.69. The molecule has 132 valence electrons. The molecule has 3 heteroatoms. The molecule has 3 nitrogen and oxygen atoms in total. The van der Waals surface area contributed by atoms with Crippen LogP contribution < -0.4 is 0 Å². The molecular weight excluding hydrogens is 276 g/mol. The van der Waals surface area contributed by atoms with Gasteiger partial charge in [0.25, 0.3) is 6.48 Å². The Morgan fingerprint density at radius 3 is 1.18 bits per heavy atom. The fraction of sp³-hybridized carbons (Fsp3) is 1.00. The SMILES string of the molecule is COC(OC)OC1CCCCCCCCCCCCCCC1. The third kappa shape index (κ3) is 10.6. The summed E-state index contributed by atoms with van der Waals surface area (Å²) in [6, 6.07) is 0. The Hall–Kier alpha value is -0.120. The maximum Gasteiger partial charge on any atom is 0.271 e. The zero-order valence-electron chi connectivity index (χ0n) is 15.0. The second kappa shape index (κ2) is 14.5. The molecular formula is C19H38O3. The monoisotopic (exact) mass is 314 g/mol. The van der Waals surface area contributed by atoms with Crippen LogP contribution in [0.1, 0.15) is 96.3 Å². The van der Waals surface area contributed by atoms with E-state index in [0.717, 1.165) is 12.8 Å². The van der Waals surface area contributed by atoms with Gasteiger partial charge in [-0.25, -0.2) is 0 Å². The summed E-state index contributed by atoms with van der Waals surface area (Å²) < 4.78 is 16.3. The van der Waals surface area contributed by atoms with Crippen molar-refractivity contribution >= 4 is 0 Å². The molecule has 0 saturated heterocycles. The lowest BCUT2D eigenvalue weighted by Crippen LogP contribution is -2.25. The maximum absolute atomic E-state index is 5.95. The Morgan fingerprint density at radius 2 is 0.864 bits per heavy atom. The summed E-state index contributed by atoms with van der Waals surface area (Å²) in [5.74, 6) is 0. The van der Waals surface area contributed by atoms with Crippen LogP contribution in [0.4, 0.5) is 0 Å². The van der Waals surface area contributed by atoms with E-state index < -0.39 is 6.48 Å². The first kappa shape index (κ1) is 19.9. The van der Waals surface area contributed by atoms with Crippen molar-refractivity contribution in [1.29, 1.82) is 0 Å². The molecule has 0 aromatic rings. The van der Waals surface area contributed by atoms with Gasteiger partial charge in [-0.15, -0.1) is 0 Å². The zero-order chi connectivity index (χ0) is 15.9.